The van der Waals surface area contributed by atoms with Gasteiger partial charge in [0.25, 0.3) is 5.62 Å². The van der Waals surface area contributed by atoms with Gasteiger partial charge in [0.15, 0.2) is 0 Å². The van der Waals surface area contributed by atoms with Crippen LogP contribution in [0.3, 0.4) is 0 Å². The number of rotatable bonds is 4. The molecule has 0 unspecified atom stereocenters. The molecule has 0 fully saturated rings. The molecular formula is C14H23N5O. The van der Waals surface area contributed by atoms with Crippen LogP contribution in [-0.2, 0) is 0 Å². The van der Waals surface area contributed by atoms with E-state index >= 15 is 0 Å². The van der Waals surface area contributed by atoms with Crippen molar-refractivity contribution in [3.8, 4) is 0 Å². The second-order valence-corrected chi connectivity index (χ2v) is 4.14. The summed E-state index contributed by atoms with van der Waals surface area (Å²) in [6, 6.07) is 7.24. The fourth-order valence-corrected chi connectivity index (χ4v) is 1.54. The largest absolute Gasteiger partial charge is 0.425 e. The molecular weight excluding hydrogens is 254 g/mol. The van der Waals surface area contributed by atoms with Gasteiger partial charge in [-0.3, -0.25) is 0 Å². The Morgan fingerprint density at radius 1 is 1.15 bits per heavy atom. The molecule has 110 valence electrons. The van der Waals surface area contributed by atoms with E-state index < -0.39 is 0 Å². The van der Waals surface area contributed by atoms with E-state index in [0.717, 1.165) is 24.2 Å². The molecule has 0 aliphatic carbocycles. The lowest BCUT2D eigenvalue weighted by atomic mass is 10.3. The zero-order valence-corrected chi connectivity index (χ0v) is 12.4. The van der Waals surface area contributed by atoms with E-state index in [9.17, 15) is 5.21 Å². The zero-order valence-electron chi connectivity index (χ0n) is 12.4. The monoisotopic (exact) mass is 277 g/mol. The molecule has 0 saturated heterocycles. The maximum atomic E-state index is 9.80. The minimum atomic E-state index is 0.246. The van der Waals surface area contributed by atoms with E-state index in [4.69, 9.17) is 0 Å². The van der Waals surface area contributed by atoms with Gasteiger partial charge in [-0.2, -0.15) is 0 Å². The predicted octanol–water partition coefficient (Wildman–Crippen LogP) is 1.60. The average molecular weight is 277 g/mol. The van der Waals surface area contributed by atoms with Gasteiger partial charge >= 0.3 is 0 Å². The van der Waals surface area contributed by atoms with E-state index in [1.54, 1.807) is 12.1 Å². The topological polar surface area (TPSA) is 75.3 Å². The molecule has 0 spiro atoms. The van der Waals surface area contributed by atoms with Gasteiger partial charge in [-0.05, 0) is 31.6 Å². The minimum absolute atomic E-state index is 0.246. The smallest absolute Gasteiger partial charge is 0.278 e. The Kier molecular flexibility index (Phi) is 7.27. The van der Waals surface area contributed by atoms with E-state index in [0.29, 0.717) is 17.6 Å². The Balaban J connectivity index is 0.000000347. The molecule has 2 N–H and O–H groups in total. The second-order valence-electron chi connectivity index (χ2n) is 4.14. The number of nitrogens with one attached hydrogen (secondary N) is 1. The van der Waals surface area contributed by atoms with Crippen molar-refractivity contribution < 1.29 is 5.21 Å². The molecule has 0 aliphatic heterocycles. The Bertz CT molecular complexity index is 577. The Morgan fingerprint density at radius 2 is 1.85 bits per heavy atom. The van der Waals surface area contributed by atoms with Gasteiger partial charge in [0.05, 0.1) is 0 Å². The summed E-state index contributed by atoms with van der Waals surface area (Å²) >= 11 is 0. The van der Waals surface area contributed by atoms with E-state index in [-0.39, 0.29) is 5.62 Å². The van der Waals surface area contributed by atoms with E-state index in [1.165, 1.54) is 0 Å². The van der Waals surface area contributed by atoms with E-state index in [2.05, 4.69) is 34.4 Å². The number of aromatic nitrogens is 3. The van der Waals surface area contributed by atoms with Gasteiger partial charge in [0.1, 0.15) is 11.0 Å². The van der Waals surface area contributed by atoms with E-state index in [1.807, 2.05) is 19.1 Å². The van der Waals surface area contributed by atoms with Crippen molar-refractivity contribution >= 4 is 11.0 Å². The summed E-state index contributed by atoms with van der Waals surface area (Å²) in [4.78, 5) is 4.11. The lowest BCUT2D eigenvalue weighted by Crippen LogP contribution is -2.24. The SMILES string of the molecule is CCCN=c1nnc2ccccc2n1O.CCNCC. The third kappa shape index (κ3) is 4.62. The summed E-state index contributed by atoms with van der Waals surface area (Å²) in [6.07, 6.45) is 0.911. The first-order valence-corrected chi connectivity index (χ1v) is 6.99. The molecule has 20 heavy (non-hydrogen) atoms. The van der Waals surface area contributed by atoms with Crippen molar-refractivity contribution in [2.75, 3.05) is 19.6 Å². The first kappa shape index (κ1) is 16.1. The average Bonchev–Trinajstić information content (AvgIpc) is 2.48. The molecule has 0 aliphatic rings. The summed E-state index contributed by atoms with van der Waals surface area (Å²) in [5.74, 6) is 0. The van der Waals surface area contributed by atoms with Crippen LogP contribution in [0.4, 0.5) is 0 Å². The maximum absolute atomic E-state index is 9.80. The third-order valence-electron chi connectivity index (χ3n) is 2.52. The quantitative estimate of drug-likeness (QED) is 0.832. The van der Waals surface area contributed by atoms with Crippen molar-refractivity contribution in [1.29, 1.82) is 0 Å². The first-order chi connectivity index (χ1) is 9.74. The molecule has 1 aromatic carbocycles. The number of nitrogens with zero attached hydrogens (tertiary/aromatic N) is 4. The minimum Gasteiger partial charge on any atom is -0.425 e. The number of fused-ring (bicyclic) bond motifs is 1. The molecule has 2 aromatic rings. The fraction of sp³-hybridized carbons (Fsp3) is 0.500. The maximum Gasteiger partial charge on any atom is 0.278 e. The van der Waals surface area contributed by atoms with Gasteiger partial charge in [0.2, 0.25) is 0 Å². The number of hydrogen-bond donors (Lipinski definition) is 2. The molecule has 0 saturated carbocycles. The van der Waals surface area contributed by atoms with Crippen molar-refractivity contribution in [1.82, 2.24) is 20.2 Å². The van der Waals surface area contributed by atoms with Crippen LogP contribution in [0.1, 0.15) is 27.2 Å². The van der Waals surface area contributed by atoms with Crippen LogP contribution < -0.4 is 10.9 Å². The van der Waals surface area contributed by atoms with Crippen molar-refractivity contribution in [3.63, 3.8) is 0 Å². The Labute approximate surface area is 119 Å². The van der Waals surface area contributed by atoms with Crippen LogP contribution in [-0.4, -0.2) is 39.8 Å². The molecule has 0 bridgehead atoms. The molecule has 6 nitrogen and oxygen atoms in total. The lowest BCUT2D eigenvalue weighted by molar-refractivity contribution is 0.178. The van der Waals surface area contributed by atoms with Crippen LogP contribution in [0, 0.1) is 0 Å². The van der Waals surface area contributed by atoms with Gasteiger partial charge in [-0.1, -0.05) is 32.9 Å². The zero-order chi connectivity index (χ0) is 14.8. The van der Waals surface area contributed by atoms with Crippen LogP contribution in [0.15, 0.2) is 29.3 Å². The Hall–Kier alpha value is -1.95. The Morgan fingerprint density at radius 3 is 2.45 bits per heavy atom. The summed E-state index contributed by atoms with van der Waals surface area (Å²) < 4.78 is 0.970. The second kappa shape index (κ2) is 9.03. The summed E-state index contributed by atoms with van der Waals surface area (Å²) in [5, 5.41) is 20.7. The summed E-state index contributed by atoms with van der Waals surface area (Å²) in [5.41, 5.74) is 1.51. The first-order valence-electron chi connectivity index (χ1n) is 6.99. The molecule has 0 amide bonds. The van der Waals surface area contributed by atoms with Crippen LogP contribution >= 0.6 is 0 Å². The standard InChI is InChI=1S/C10H12N4O.C4H11N/c1-2-7-11-10-13-12-8-5-3-4-6-9(8)14(10)15;1-3-5-4-2/h3-6,15H,2,7H2,1H3;5H,3-4H2,1-2H3. The van der Waals surface area contributed by atoms with Gasteiger partial charge in [-0.15, -0.1) is 14.9 Å². The molecule has 1 aromatic heterocycles. The molecule has 0 atom stereocenters. The van der Waals surface area contributed by atoms with Gasteiger partial charge in [0, 0.05) is 6.54 Å². The van der Waals surface area contributed by atoms with Crippen molar-refractivity contribution in [2.45, 2.75) is 27.2 Å². The molecule has 1 heterocycles. The highest BCUT2D eigenvalue weighted by Crippen LogP contribution is 2.04. The molecule has 0 radical (unpaired) electrons. The van der Waals surface area contributed by atoms with Crippen LogP contribution in [0.25, 0.3) is 11.0 Å². The fourth-order valence-electron chi connectivity index (χ4n) is 1.54. The summed E-state index contributed by atoms with van der Waals surface area (Å²) in [7, 11) is 0. The summed E-state index contributed by atoms with van der Waals surface area (Å²) in [6.45, 7) is 9.03. The normalized spacial score (nSPS) is 11.2. The lowest BCUT2D eigenvalue weighted by Gasteiger charge is -2.01. The highest BCUT2D eigenvalue weighted by molar-refractivity contribution is 5.73. The number of benzene rings is 1. The number of para-hydroxylation sites is 1. The predicted molar refractivity (Wildman–Crippen MR) is 79.7 cm³/mol. The third-order valence-corrected chi connectivity index (χ3v) is 2.52. The van der Waals surface area contributed by atoms with Crippen LogP contribution in [0.5, 0.6) is 0 Å². The van der Waals surface area contributed by atoms with Gasteiger partial charge in [-0.25, -0.2) is 4.99 Å². The molecule has 6 heteroatoms. The van der Waals surface area contributed by atoms with Crippen LogP contribution in [0.2, 0.25) is 0 Å². The van der Waals surface area contributed by atoms with Gasteiger partial charge < -0.3 is 10.5 Å². The molecule has 2 rings (SSSR count). The van der Waals surface area contributed by atoms with Crippen molar-refractivity contribution in [3.05, 3.63) is 29.9 Å². The number of hydrogen-bond acceptors (Lipinski definition) is 5. The highest BCUT2D eigenvalue weighted by atomic mass is 16.5. The van der Waals surface area contributed by atoms with Crippen molar-refractivity contribution in [2.24, 2.45) is 4.99 Å². The highest BCUT2D eigenvalue weighted by Gasteiger charge is 2.00.